The Balaban J connectivity index is 2.68. The Morgan fingerprint density at radius 3 is 2.56 bits per heavy atom. The largest absolute Gasteiger partial charge is 0.485 e. The summed E-state index contributed by atoms with van der Waals surface area (Å²) < 4.78 is 5.87. The predicted molar refractivity (Wildman–Crippen MR) is 67.6 cm³/mol. The number of hydrogen-bond acceptors (Lipinski definition) is 3. The molecule has 0 saturated carbocycles. The van der Waals surface area contributed by atoms with Gasteiger partial charge in [0.2, 0.25) is 0 Å². The van der Waals surface area contributed by atoms with Crippen LogP contribution in [0.3, 0.4) is 0 Å². The van der Waals surface area contributed by atoms with Crippen molar-refractivity contribution in [3.05, 3.63) is 30.6 Å². The van der Waals surface area contributed by atoms with E-state index in [4.69, 9.17) is 4.74 Å². The Hall–Kier alpha value is -1.35. The smallest absolute Gasteiger partial charge is 0.138 e. The standard InChI is InChI=1S/C13H20N2O/c1-6-11-7-8-12(9-14-11)16-13(2,3)10-15(4)5/h6-9H,1,10H2,2-5H3. The van der Waals surface area contributed by atoms with Gasteiger partial charge in [-0.3, -0.25) is 4.98 Å². The summed E-state index contributed by atoms with van der Waals surface area (Å²) in [6, 6.07) is 3.81. The number of rotatable bonds is 5. The van der Waals surface area contributed by atoms with Crippen molar-refractivity contribution in [2.45, 2.75) is 19.4 Å². The maximum Gasteiger partial charge on any atom is 0.138 e. The molecule has 0 aliphatic heterocycles. The zero-order valence-electron chi connectivity index (χ0n) is 10.5. The lowest BCUT2D eigenvalue weighted by Crippen LogP contribution is -2.39. The lowest BCUT2D eigenvalue weighted by atomic mass is 10.1. The zero-order valence-corrected chi connectivity index (χ0v) is 10.5. The van der Waals surface area contributed by atoms with E-state index in [1.807, 2.05) is 26.2 Å². The molecular formula is C13H20N2O. The monoisotopic (exact) mass is 220 g/mol. The van der Waals surface area contributed by atoms with Gasteiger partial charge in [0, 0.05) is 6.54 Å². The Labute approximate surface area is 97.8 Å². The van der Waals surface area contributed by atoms with Crippen molar-refractivity contribution in [2.24, 2.45) is 0 Å². The minimum Gasteiger partial charge on any atom is -0.485 e. The van der Waals surface area contributed by atoms with E-state index in [0.29, 0.717) is 0 Å². The number of nitrogens with zero attached hydrogens (tertiary/aromatic N) is 2. The first-order valence-corrected chi connectivity index (χ1v) is 5.35. The van der Waals surface area contributed by atoms with E-state index in [9.17, 15) is 0 Å². The van der Waals surface area contributed by atoms with Crippen LogP contribution in [-0.2, 0) is 0 Å². The highest BCUT2D eigenvalue weighted by Gasteiger charge is 2.20. The summed E-state index contributed by atoms with van der Waals surface area (Å²) in [6.07, 6.45) is 3.45. The molecule has 0 aliphatic carbocycles. The predicted octanol–water partition coefficient (Wildman–Crippen LogP) is 2.44. The molecule has 0 unspecified atom stereocenters. The van der Waals surface area contributed by atoms with E-state index in [2.05, 4.69) is 30.3 Å². The van der Waals surface area contributed by atoms with Gasteiger partial charge in [-0.1, -0.05) is 6.58 Å². The van der Waals surface area contributed by atoms with Crippen molar-refractivity contribution in [1.29, 1.82) is 0 Å². The second-order valence-electron chi connectivity index (χ2n) is 4.72. The molecule has 3 heteroatoms. The third-order valence-corrected chi connectivity index (χ3v) is 2.06. The molecule has 1 rings (SSSR count). The van der Waals surface area contributed by atoms with Crippen molar-refractivity contribution in [3.63, 3.8) is 0 Å². The first-order valence-electron chi connectivity index (χ1n) is 5.35. The van der Waals surface area contributed by atoms with Crippen LogP contribution in [0.4, 0.5) is 0 Å². The molecule has 0 aromatic carbocycles. The molecule has 1 aromatic heterocycles. The molecule has 0 atom stereocenters. The van der Waals surface area contributed by atoms with Crippen LogP contribution in [0, 0.1) is 0 Å². The van der Waals surface area contributed by atoms with E-state index in [-0.39, 0.29) is 5.60 Å². The molecule has 0 aliphatic rings. The highest BCUT2D eigenvalue weighted by molar-refractivity contribution is 5.42. The second kappa shape index (κ2) is 5.12. The summed E-state index contributed by atoms with van der Waals surface area (Å²) >= 11 is 0. The highest BCUT2D eigenvalue weighted by atomic mass is 16.5. The lowest BCUT2D eigenvalue weighted by Gasteiger charge is -2.29. The lowest BCUT2D eigenvalue weighted by molar-refractivity contribution is 0.0770. The molecule has 88 valence electrons. The second-order valence-corrected chi connectivity index (χ2v) is 4.72. The van der Waals surface area contributed by atoms with Gasteiger partial charge in [-0.05, 0) is 46.2 Å². The summed E-state index contributed by atoms with van der Waals surface area (Å²) in [7, 11) is 4.06. The van der Waals surface area contributed by atoms with Crippen LogP contribution in [-0.4, -0.2) is 36.1 Å². The van der Waals surface area contributed by atoms with Crippen LogP contribution >= 0.6 is 0 Å². The SMILES string of the molecule is C=Cc1ccc(OC(C)(C)CN(C)C)cn1. The number of likely N-dealkylation sites (N-methyl/N-ethyl adjacent to an activating group) is 1. The molecule has 0 amide bonds. The van der Waals surface area contributed by atoms with Crippen molar-refractivity contribution >= 4 is 6.08 Å². The van der Waals surface area contributed by atoms with Crippen LogP contribution in [0.25, 0.3) is 6.08 Å². The molecule has 3 nitrogen and oxygen atoms in total. The summed E-state index contributed by atoms with van der Waals surface area (Å²) in [5.41, 5.74) is 0.638. The molecule has 0 fully saturated rings. The summed E-state index contributed by atoms with van der Waals surface area (Å²) in [4.78, 5) is 6.31. The number of pyridine rings is 1. The molecule has 0 radical (unpaired) electrons. The third-order valence-electron chi connectivity index (χ3n) is 2.06. The Bertz CT molecular complexity index is 341. The first kappa shape index (κ1) is 12.7. The number of hydrogen-bond donors (Lipinski definition) is 0. The fraction of sp³-hybridized carbons (Fsp3) is 0.462. The summed E-state index contributed by atoms with van der Waals surface area (Å²) in [5.74, 6) is 0.789. The van der Waals surface area contributed by atoms with Gasteiger partial charge in [0.25, 0.3) is 0 Å². The van der Waals surface area contributed by atoms with Crippen LogP contribution in [0.15, 0.2) is 24.9 Å². The molecule has 16 heavy (non-hydrogen) atoms. The summed E-state index contributed by atoms with van der Waals surface area (Å²) in [5, 5.41) is 0. The van der Waals surface area contributed by atoms with Crippen LogP contribution in [0.5, 0.6) is 5.75 Å². The van der Waals surface area contributed by atoms with E-state index in [1.54, 1.807) is 12.3 Å². The van der Waals surface area contributed by atoms with Gasteiger partial charge in [-0.25, -0.2) is 0 Å². The van der Waals surface area contributed by atoms with Gasteiger partial charge in [0.05, 0.1) is 11.9 Å². The average Bonchev–Trinajstić information content (AvgIpc) is 2.16. The molecule has 1 aromatic rings. The summed E-state index contributed by atoms with van der Waals surface area (Å²) in [6.45, 7) is 8.65. The fourth-order valence-electron chi connectivity index (χ4n) is 1.69. The Morgan fingerprint density at radius 1 is 1.44 bits per heavy atom. The molecule has 0 saturated heterocycles. The van der Waals surface area contributed by atoms with Crippen LogP contribution in [0.1, 0.15) is 19.5 Å². The zero-order chi connectivity index (χ0) is 12.2. The molecule has 1 heterocycles. The normalized spacial score (nSPS) is 11.6. The van der Waals surface area contributed by atoms with E-state index >= 15 is 0 Å². The van der Waals surface area contributed by atoms with Crippen LogP contribution < -0.4 is 4.74 Å². The molecule has 0 N–H and O–H groups in total. The molecule has 0 bridgehead atoms. The van der Waals surface area contributed by atoms with E-state index < -0.39 is 0 Å². The van der Waals surface area contributed by atoms with Gasteiger partial charge in [-0.15, -0.1) is 0 Å². The molecule has 0 spiro atoms. The van der Waals surface area contributed by atoms with E-state index in [1.165, 1.54) is 0 Å². The van der Waals surface area contributed by atoms with E-state index in [0.717, 1.165) is 18.0 Å². The maximum atomic E-state index is 5.87. The first-order chi connectivity index (χ1) is 7.43. The van der Waals surface area contributed by atoms with Crippen molar-refractivity contribution < 1.29 is 4.74 Å². The Morgan fingerprint density at radius 2 is 2.12 bits per heavy atom. The van der Waals surface area contributed by atoms with Gasteiger partial charge >= 0.3 is 0 Å². The number of aromatic nitrogens is 1. The third kappa shape index (κ3) is 4.03. The van der Waals surface area contributed by atoms with Gasteiger partial charge in [0.15, 0.2) is 0 Å². The fourth-order valence-corrected chi connectivity index (χ4v) is 1.69. The minimum atomic E-state index is -0.221. The average molecular weight is 220 g/mol. The van der Waals surface area contributed by atoms with Crippen molar-refractivity contribution in [2.75, 3.05) is 20.6 Å². The Kier molecular flexibility index (Phi) is 4.07. The topological polar surface area (TPSA) is 25.4 Å². The van der Waals surface area contributed by atoms with Crippen molar-refractivity contribution in [3.8, 4) is 5.75 Å². The highest BCUT2D eigenvalue weighted by Crippen LogP contribution is 2.18. The van der Waals surface area contributed by atoms with Gasteiger partial charge in [-0.2, -0.15) is 0 Å². The minimum absolute atomic E-state index is 0.221. The van der Waals surface area contributed by atoms with Gasteiger partial charge < -0.3 is 9.64 Å². The maximum absolute atomic E-state index is 5.87. The number of ether oxygens (including phenoxy) is 1. The van der Waals surface area contributed by atoms with Gasteiger partial charge in [0.1, 0.15) is 11.4 Å². The van der Waals surface area contributed by atoms with Crippen LogP contribution in [0.2, 0.25) is 0 Å². The molecular weight excluding hydrogens is 200 g/mol. The quantitative estimate of drug-likeness (QED) is 0.762. The van der Waals surface area contributed by atoms with Crippen molar-refractivity contribution in [1.82, 2.24) is 9.88 Å².